The summed E-state index contributed by atoms with van der Waals surface area (Å²) in [5, 5.41) is 15.1. The number of hydrogen-bond acceptors (Lipinski definition) is 19. The Balaban J connectivity index is 1.12. The van der Waals surface area contributed by atoms with E-state index in [1.54, 1.807) is 12.1 Å². The van der Waals surface area contributed by atoms with Crippen LogP contribution in [-0.2, 0) is 109 Å². The molecule has 83 heavy (non-hydrogen) atoms. The van der Waals surface area contributed by atoms with Crippen LogP contribution in [0.5, 0.6) is 0 Å². The van der Waals surface area contributed by atoms with E-state index in [4.69, 9.17) is 73.2 Å². The van der Waals surface area contributed by atoms with Crippen LogP contribution in [0.2, 0.25) is 0 Å². The van der Waals surface area contributed by atoms with E-state index in [1.807, 2.05) is 140 Å². The highest BCUT2D eigenvalue weighted by molar-refractivity contribution is 6.26. The molecule has 5 aromatic rings. The number of esters is 3. The molecule has 0 aromatic heterocycles. The molecule has 4 saturated heterocycles. The molecule has 0 spiro atoms. The number of rotatable bonds is 26. The Morgan fingerprint density at radius 1 is 0.566 bits per heavy atom. The van der Waals surface area contributed by atoms with Crippen LogP contribution in [0.4, 0.5) is 4.79 Å². The molecule has 440 valence electrons. The lowest BCUT2D eigenvalue weighted by atomic mass is 9.94. The van der Waals surface area contributed by atoms with Crippen molar-refractivity contribution < 1.29 is 85.9 Å². The molecule has 0 aliphatic carbocycles. The van der Waals surface area contributed by atoms with E-state index in [9.17, 15) is 29.8 Å². The maximum atomic E-state index is 14.3. The van der Waals surface area contributed by atoms with Gasteiger partial charge in [-0.1, -0.05) is 157 Å². The maximum absolute atomic E-state index is 14.3. The van der Waals surface area contributed by atoms with Crippen LogP contribution in [-0.4, -0.2) is 152 Å². The molecule has 9 rings (SSSR count). The van der Waals surface area contributed by atoms with E-state index in [0.29, 0.717) is 5.56 Å². The second kappa shape index (κ2) is 30.0. The fraction of sp³-hybridized carbons (Fsp3) is 0.433. The molecule has 15 atom stereocenters. The Bertz CT molecular complexity index is 2900. The van der Waals surface area contributed by atoms with Crippen molar-refractivity contribution in [1.29, 1.82) is 0 Å². The zero-order valence-electron chi connectivity index (χ0n) is 45.5. The van der Waals surface area contributed by atoms with Gasteiger partial charge in [-0.2, -0.15) is 0 Å². The van der Waals surface area contributed by atoms with Crippen molar-refractivity contribution in [2.75, 3.05) is 25.7 Å². The fourth-order valence-electron chi connectivity index (χ4n) is 10.4. The molecule has 22 nitrogen and oxygen atoms in total. The summed E-state index contributed by atoms with van der Waals surface area (Å²) in [5.74, 6) is -3.09. The lowest BCUT2D eigenvalue weighted by Crippen LogP contribution is -2.68. The number of aliphatic hydroxyl groups is 1. The van der Waals surface area contributed by atoms with Gasteiger partial charge in [0.2, 0.25) is 0 Å². The Kier molecular flexibility index (Phi) is 21.9. The molecule has 0 radical (unpaired) electrons. The summed E-state index contributed by atoms with van der Waals surface area (Å²) in [5.41, 5.74) is 14.0. The summed E-state index contributed by atoms with van der Waals surface area (Å²) in [6, 6.07) is 43.3. The van der Waals surface area contributed by atoms with E-state index in [0.717, 1.165) is 36.1 Å². The Morgan fingerprint density at radius 2 is 1.04 bits per heavy atom. The standard InChI is InChI=1S/C60H65ClN4O18/c1-37(67)75-55-52(81-58-49-54(83-60(70)65(49)29-39-18-8-3-9-19-39)51(80-47(69)28-61)45(78-58)35-71-31-40-20-10-4-11-21-40)46(36-72-32-41-22-12-5-13-23-41)79-59(56(55)76-38(2)68)82-53-48(63-64-62)57(74-34-43-26-16-7-17-27-43)77-44(30-66)50(53)73-33-42-24-14-6-15-25-42/h3-27,44-46,48-59,66H,28-36H2,1-2H3/t44-,45-,46-,48-,49-,50+,51-,52+,53-,54-,55+,56-,57-,58-,59+/m1/s1. The second-order valence-corrected chi connectivity index (χ2v) is 20.2. The van der Waals surface area contributed by atoms with Gasteiger partial charge in [0.25, 0.3) is 0 Å². The highest BCUT2D eigenvalue weighted by Gasteiger charge is 2.62. The van der Waals surface area contributed by atoms with E-state index < -0.39 is 128 Å². The molecule has 1 amide bonds. The molecule has 4 fully saturated rings. The normalized spacial score (nSPS) is 28.5. The topological polar surface area (TPSA) is 260 Å². The van der Waals surface area contributed by atoms with Crippen molar-refractivity contribution in [2.45, 2.75) is 139 Å². The number of fused-ring (bicyclic) bond motifs is 1. The second-order valence-electron chi connectivity index (χ2n) is 20.0. The largest absolute Gasteiger partial charge is 0.455 e. The van der Waals surface area contributed by atoms with Gasteiger partial charge >= 0.3 is 24.0 Å². The zero-order chi connectivity index (χ0) is 58.1. The first kappa shape index (κ1) is 60.6. The highest BCUT2D eigenvalue weighted by atomic mass is 35.5. The lowest BCUT2D eigenvalue weighted by Gasteiger charge is -2.50. The van der Waals surface area contributed by atoms with Crippen molar-refractivity contribution >= 4 is 35.6 Å². The molecule has 4 heterocycles. The van der Waals surface area contributed by atoms with Gasteiger partial charge in [-0.05, 0) is 33.3 Å². The van der Waals surface area contributed by atoms with Crippen molar-refractivity contribution in [2.24, 2.45) is 5.11 Å². The molecular weight excluding hydrogens is 1100 g/mol. The fourth-order valence-corrected chi connectivity index (χ4v) is 10.5. The number of carbonyl (C=O) groups excluding carboxylic acids is 4. The van der Waals surface area contributed by atoms with Crippen molar-refractivity contribution in [1.82, 2.24) is 4.90 Å². The third-order valence-corrected chi connectivity index (χ3v) is 14.3. The number of amides is 1. The van der Waals surface area contributed by atoms with Crippen LogP contribution < -0.4 is 0 Å². The minimum atomic E-state index is -1.74. The number of aliphatic hydroxyl groups excluding tert-OH is 1. The molecule has 0 saturated carbocycles. The summed E-state index contributed by atoms with van der Waals surface area (Å²) >= 11 is 6.02. The van der Waals surface area contributed by atoms with Gasteiger partial charge in [0.1, 0.15) is 54.6 Å². The third kappa shape index (κ3) is 16.0. The molecule has 4 aliphatic heterocycles. The Morgan fingerprint density at radius 3 is 1.55 bits per heavy atom. The van der Waals surface area contributed by atoms with Crippen LogP contribution in [0, 0.1) is 0 Å². The molecular formula is C60H65ClN4O18. The van der Waals surface area contributed by atoms with Crippen LogP contribution in [0.1, 0.15) is 41.7 Å². The zero-order valence-corrected chi connectivity index (χ0v) is 46.3. The summed E-state index contributed by atoms with van der Waals surface area (Å²) in [6.45, 7) is 1.16. The van der Waals surface area contributed by atoms with Crippen LogP contribution in [0.3, 0.4) is 0 Å². The van der Waals surface area contributed by atoms with Gasteiger partial charge < -0.3 is 66.7 Å². The summed E-state index contributed by atoms with van der Waals surface area (Å²) in [4.78, 5) is 59.1. The van der Waals surface area contributed by atoms with E-state index in [1.165, 1.54) is 4.90 Å². The third-order valence-electron chi connectivity index (χ3n) is 14.1. The number of azide groups is 1. The Hall–Kier alpha value is -7.02. The van der Waals surface area contributed by atoms with Gasteiger partial charge in [-0.25, -0.2) is 4.79 Å². The van der Waals surface area contributed by atoms with Gasteiger partial charge in [-0.3, -0.25) is 19.3 Å². The average molecular weight is 1170 g/mol. The predicted molar refractivity (Wildman–Crippen MR) is 292 cm³/mol. The SMILES string of the molecule is CC(=O)O[C@H]1[C@@H](O[C@H]2O[C@H](COCc3ccccc3)[C@@H](OC(=O)CCl)[C@@H]3OC(=O)N(Cc4ccccc4)[C@@H]23)[C@@H](COCc2ccccc2)O[C@@H](O[C@@H]2[C@@H](N=[N+]=[N-])[C@H](OCc3ccccc3)O[C@H](CO)[C@@H]2OCc2ccccc2)[C@@H]1OC(C)=O. The van der Waals surface area contributed by atoms with Gasteiger partial charge in [-0.15, -0.1) is 11.6 Å². The average Bonchev–Trinajstić information content (AvgIpc) is 3.66. The predicted octanol–water partition coefficient (Wildman–Crippen LogP) is 7.24. The van der Waals surface area contributed by atoms with E-state index in [-0.39, 0.29) is 46.2 Å². The number of hydrogen-bond donors (Lipinski definition) is 1. The van der Waals surface area contributed by atoms with Crippen molar-refractivity contribution in [3.63, 3.8) is 0 Å². The summed E-state index contributed by atoms with van der Waals surface area (Å²) < 4.78 is 83.8. The highest BCUT2D eigenvalue weighted by Crippen LogP contribution is 2.41. The smallest absolute Gasteiger partial charge is 0.411 e. The quantitative estimate of drug-likeness (QED) is 0.0143. The lowest BCUT2D eigenvalue weighted by molar-refractivity contribution is -0.369. The summed E-state index contributed by atoms with van der Waals surface area (Å²) in [6.07, 6.45) is -19.3. The van der Waals surface area contributed by atoms with Gasteiger partial charge in [0.05, 0.1) is 46.2 Å². The number of carbonyl (C=O) groups is 4. The monoisotopic (exact) mass is 1160 g/mol. The minimum absolute atomic E-state index is 0.0197. The Labute approximate surface area is 484 Å². The molecule has 4 aliphatic rings. The van der Waals surface area contributed by atoms with Crippen molar-refractivity contribution in [3.05, 3.63) is 190 Å². The molecule has 5 aromatic carbocycles. The first-order valence-corrected chi connectivity index (χ1v) is 27.6. The van der Waals surface area contributed by atoms with Crippen LogP contribution in [0.15, 0.2) is 157 Å². The molecule has 1 N–H and O–H groups in total. The first-order chi connectivity index (χ1) is 40.5. The molecule has 0 bridgehead atoms. The number of nitrogens with zero attached hydrogens (tertiary/aromatic N) is 4. The maximum Gasteiger partial charge on any atom is 0.411 e. The number of ether oxygens (including phenoxy) is 13. The van der Waals surface area contributed by atoms with Crippen LogP contribution in [0.25, 0.3) is 10.4 Å². The molecule has 0 unspecified atom stereocenters. The molecule has 23 heteroatoms. The number of halogens is 1. The number of benzene rings is 5. The van der Waals surface area contributed by atoms with Crippen LogP contribution >= 0.6 is 11.6 Å². The van der Waals surface area contributed by atoms with Gasteiger partial charge in [0, 0.05) is 25.3 Å². The van der Waals surface area contributed by atoms with Crippen molar-refractivity contribution in [3.8, 4) is 0 Å². The first-order valence-electron chi connectivity index (χ1n) is 27.1. The van der Waals surface area contributed by atoms with E-state index >= 15 is 0 Å². The van der Waals surface area contributed by atoms with Gasteiger partial charge in [0.15, 0.2) is 43.3 Å². The van der Waals surface area contributed by atoms with E-state index in [2.05, 4.69) is 10.0 Å². The number of alkyl halides is 1. The minimum Gasteiger partial charge on any atom is -0.455 e. The summed E-state index contributed by atoms with van der Waals surface area (Å²) in [7, 11) is 0.